The van der Waals surface area contributed by atoms with Crippen molar-refractivity contribution in [3.8, 4) is 0 Å². The molecule has 0 radical (unpaired) electrons. The molecule has 0 amide bonds. The highest BCUT2D eigenvalue weighted by molar-refractivity contribution is 8.00. The van der Waals surface area contributed by atoms with Crippen LogP contribution in [-0.2, 0) is 0 Å². The molecule has 10 heavy (non-hydrogen) atoms. The predicted octanol–water partition coefficient (Wildman–Crippen LogP) is 2.57. The van der Waals surface area contributed by atoms with Gasteiger partial charge < -0.3 is 0 Å². The van der Waals surface area contributed by atoms with Crippen molar-refractivity contribution in [2.75, 3.05) is 5.75 Å². The standard InChI is InChI=1S/C8H15NS/c1-6(2)4-8-9-7(3)5-10-8/h6,8H,4-5H2,1-3H3. The minimum Gasteiger partial charge on any atom is -0.279 e. The van der Waals surface area contributed by atoms with Crippen LogP contribution < -0.4 is 0 Å². The van der Waals surface area contributed by atoms with Crippen molar-refractivity contribution < 1.29 is 0 Å². The zero-order chi connectivity index (χ0) is 7.56. The van der Waals surface area contributed by atoms with Gasteiger partial charge >= 0.3 is 0 Å². The molecule has 0 N–H and O–H groups in total. The first-order valence-corrected chi connectivity index (χ1v) is 4.88. The molecule has 0 spiro atoms. The van der Waals surface area contributed by atoms with Crippen LogP contribution in [0.15, 0.2) is 4.99 Å². The third kappa shape index (κ3) is 2.33. The summed E-state index contributed by atoms with van der Waals surface area (Å²) in [6.45, 7) is 6.63. The Morgan fingerprint density at radius 2 is 2.40 bits per heavy atom. The van der Waals surface area contributed by atoms with Gasteiger partial charge in [0.05, 0.1) is 5.37 Å². The molecule has 58 valence electrons. The van der Waals surface area contributed by atoms with E-state index in [9.17, 15) is 0 Å². The van der Waals surface area contributed by atoms with Crippen LogP contribution >= 0.6 is 11.8 Å². The first kappa shape index (κ1) is 8.12. The number of thioether (sulfide) groups is 1. The van der Waals surface area contributed by atoms with E-state index in [2.05, 4.69) is 25.8 Å². The van der Waals surface area contributed by atoms with Crippen molar-refractivity contribution in [2.24, 2.45) is 10.9 Å². The van der Waals surface area contributed by atoms with Crippen molar-refractivity contribution in [1.82, 2.24) is 0 Å². The van der Waals surface area contributed by atoms with Crippen LogP contribution in [0.3, 0.4) is 0 Å². The molecule has 1 atom stereocenters. The lowest BCUT2D eigenvalue weighted by atomic mass is 10.1. The summed E-state index contributed by atoms with van der Waals surface area (Å²) >= 11 is 1.98. The fourth-order valence-electron chi connectivity index (χ4n) is 1.06. The van der Waals surface area contributed by atoms with Crippen LogP contribution in [-0.4, -0.2) is 16.8 Å². The number of aliphatic imine (C=N–C) groups is 1. The number of hydrogen-bond donors (Lipinski definition) is 0. The van der Waals surface area contributed by atoms with Crippen LogP contribution in [0.25, 0.3) is 0 Å². The van der Waals surface area contributed by atoms with Crippen LogP contribution in [0.1, 0.15) is 27.2 Å². The van der Waals surface area contributed by atoms with E-state index in [-0.39, 0.29) is 0 Å². The Balaban J connectivity index is 2.31. The maximum absolute atomic E-state index is 4.51. The number of hydrogen-bond acceptors (Lipinski definition) is 2. The Bertz CT molecular complexity index is 140. The molecule has 1 nitrogen and oxygen atoms in total. The average molecular weight is 157 g/mol. The smallest absolute Gasteiger partial charge is 0.0957 e. The summed E-state index contributed by atoms with van der Waals surface area (Å²) in [7, 11) is 0. The number of nitrogens with zero attached hydrogens (tertiary/aromatic N) is 1. The van der Waals surface area contributed by atoms with Crippen LogP contribution in [0.5, 0.6) is 0 Å². The van der Waals surface area contributed by atoms with Crippen molar-refractivity contribution in [2.45, 2.75) is 32.6 Å². The summed E-state index contributed by atoms with van der Waals surface area (Å²) in [4.78, 5) is 4.51. The van der Waals surface area contributed by atoms with Gasteiger partial charge in [-0.15, -0.1) is 11.8 Å². The Hall–Kier alpha value is 0.0200. The highest BCUT2D eigenvalue weighted by Crippen LogP contribution is 2.25. The normalized spacial score (nSPS) is 25.6. The van der Waals surface area contributed by atoms with Crippen molar-refractivity contribution in [1.29, 1.82) is 0 Å². The van der Waals surface area contributed by atoms with Gasteiger partial charge in [0.15, 0.2) is 0 Å². The van der Waals surface area contributed by atoms with Gasteiger partial charge in [0.1, 0.15) is 0 Å². The van der Waals surface area contributed by atoms with E-state index in [1.807, 2.05) is 11.8 Å². The Labute approximate surface area is 67.3 Å². The maximum atomic E-state index is 4.51. The average Bonchev–Trinajstić information content (AvgIpc) is 2.13. The van der Waals surface area contributed by atoms with Gasteiger partial charge in [-0.05, 0) is 19.3 Å². The van der Waals surface area contributed by atoms with E-state index in [0.717, 1.165) is 11.7 Å². The lowest BCUT2D eigenvalue weighted by molar-refractivity contribution is 0.579. The van der Waals surface area contributed by atoms with Crippen LogP contribution in [0, 0.1) is 5.92 Å². The molecule has 1 unspecified atom stereocenters. The lowest BCUT2D eigenvalue weighted by Gasteiger charge is -2.07. The zero-order valence-corrected chi connectivity index (χ0v) is 7.74. The molecule has 2 heteroatoms. The highest BCUT2D eigenvalue weighted by atomic mass is 32.2. The SMILES string of the molecule is CC1=NC(CC(C)C)SC1. The second kappa shape index (κ2) is 3.42. The Kier molecular flexibility index (Phi) is 2.78. The summed E-state index contributed by atoms with van der Waals surface area (Å²) in [6, 6.07) is 0. The van der Waals surface area contributed by atoms with Gasteiger partial charge in [-0.2, -0.15) is 0 Å². The molecule has 0 bridgehead atoms. The molecule has 0 saturated heterocycles. The van der Waals surface area contributed by atoms with Crippen LogP contribution in [0.4, 0.5) is 0 Å². The lowest BCUT2D eigenvalue weighted by Crippen LogP contribution is -1.99. The van der Waals surface area contributed by atoms with Crippen molar-refractivity contribution in [3.63, 3.8) is 0 Å². The molecule has 0 aromatic rings. The fraction of sp³-hybridized carbons (Fsp3) is 0.875. The first-order valence-electron chi connectivity index (χ1n) is 3.83. The molecule has 0 saturated carbocycles. The summed E-state index contributed by atoms with van der Waals surface area (Å²) in [6.07, 6.45) is 1.24. The minimum absolute atomic E-state index is 0.569. The van der Waals surface area contributed by atoms with Gasteiger partial charge in [0.25, 0.3) is 0 Å². The van der Waals surface area contributed by atoms with Crippen molar-refractivity contribution in [3.05, 3.63) is 0 Å². The third-order valence-electron chi connectivity index (χ3n) is 1.52. The topological polar surface area (TPSA) is 12.4 Å². The largest absolute Gasteiger partial charge is 0.279 e. The number of rotatable bonds is 2. The molecule has 0 aromatic carbocycles. The summed E-state index contributed by atoms with van der Waals surface area (Å²) < 4.78 is 0. The molecular weight excluding hydrogens is 142 g/mol. The Morgan fingerprint density at radius 1 is 1.70 bits per heavy atom. The fourth-order valence-corrected chi connectivity index (χ4v) is 2.34. The third-order valence-corrected chi connectivity index (χ3v) is 2.79. The van der Waals surface area contributed by atoms with Gasteiger partial charge in [-0.25, -0.2) is 0 Å². The van der Waals surface area contributed by atoms with E-state index in [1.54, 1.807) is 0 Å². The monoisotopic (exact) mass is 157 g/mol. The van der Waals surface area contributed by atoms with E-state index < -0.39 is 0 Å². The van der Waals surface area contributed by atoms with E-state index in [4.69, 9.17) is 0 Å². The molecule has 0 aliphatic carbocycles. The highest BCUT2D eigenvalue weighted by Gasteiger charge is 2.15. The van der Waals surface area contributed by atoms with Crippen LogP contribution in [0.2, 0.25) is 0 Å². The summed E-state index contributed by atoms with van der Waals surface area (Å²) in [5.74, 6) is 1.93. The molecule has 0 aromatic heterocycles. The molecule has 1 rings (SSSR count). The first-order chi connectivity index (χ1) is 4.68. The minimum atomic E-state index is 0.569. The van der Waals surface area contributed by atoms with E-state index >= 15 is 0 Å². The van der Waals surface area contributed by atoms with Gasteiger partial charge in [-0.3, -0.25) is 4.99 Å². The zero-order valence-electron chi connectivity index (χ0n) is 6.92. The predicted molar refractivity (Wildman–Crippen MR) is 48.8 cm³/mol. The van der Waals surface area contributed by atoms with E-state index in [0.29, 0.717) is 5.37 Å². The quantitative estimate of drug-likeness (QED) is 0.600. The summed E-state index contributed by atoms with van der Waals surface area (Å²) in [5.41, 5.74) is 1.32. The molecule has 0 fully saturated rings. The summed E-state index contributed by atoms with van der Waals surface area (Å²) in [5, 5.41) is 0.569. The van der Waals surface area contributed by atoms with Gasteiger partial charge in [0, 0.05) is 11.5 Å². The van der Waals surface area contributed by atoms with Gasteiger partial charge in [-0.1, -0.05) is 13.8 Å². The molecule has 1 aliphatic rings. The molecular formula is C8H15NS. The second-order valence-electron chi connectivity index (χ2n) is 3.26. The second-order valence-corrected chi connectivity index (χ2v) is 4.43. The Morgan fingerprint density at radius 3 is 2.80 bits per heavy atom. The molecule has 1 heterocycles. The maximum Gasteiger partial charge on any atom is 0.0957 e. The van der Waals surface area contributed by atoms with E-state index in [1.165, 1.54) is 12.1 Å². The van der Waals surface area contributed by atoms with Crippen molar-refractivity contribution >= 4 is 17.5 Å². The van der Waals surface area contributed by atoms with Gasteiger partial charge in [0.2, 0.25) is 0 Å². The molecule has 1 aliphatic heterocycles.